The fourth-order valence-corrected chi connectivity index (χ4v) is 1.55. The van der Waals surface area contributed by atoms with Gasteiger partial charge in [-0.05, 0) is 0 Å². The molecule has 1 aliphatic heterocycles. The molecule has 1 rings (SSSR count). The first-order valence-corrected chi connectivity index (χ1v) is 6.18. The zero-order valence-electron chi connectivity index (χ0n) is 11.1. The van der Waals surface area contributed by atoms with Crippen molar-refractivity contribution in [2.24, 2.45) is 0 Å². The third-order valence-electron chi connectivity index (χ3n) is 2.50. The van der Waals surface area contributed by atoms with Crippen LogP contribution in [-0.4, -0.2) is 61.9 Å². The molecule has 0 atom stereocenters. The van der Waals surface area contributed by atoms with Crippen LogP contribution >= 0.6 is 0 Å². The molecule has 10 heteroatoms. The van der Waals surface area contributed by atoms with Crippen molar-refractivity contribution in [2.75, 3.05) is 32.9 Å². The number of nitrogens with zero attached hydrogens (tertiary/aromatic N) is 1. The molecule has 3 amide bonds. The highest BCUT2D eigenvalue weighted by Gasteiger charge is 2.29. The van der Waals surface area contributed by atoms with E-state index in [1.807, 2.05) is 0 Å². The molecule has 0 unspecified atom stereocenters. The SMILES string of the molecule is O=C(NCCOCCN1C(=O)CCC1=O)OCC(F)(F)F. The summed E-state index contributed by atoms with van der Waals surface area (Å²) in [6, 6.07) is 0. The Morgan fingerprint density at radius 1 is 1.19 bits per heavy atom. The number of carbonyl (C=O) groups is 3. The molecule has 0 aromatic rings. The summed E-state index contributed by atoms with van der Waals surface area (Å²) in [5.74, 6) is -0.505. The minimum Gasteiger partial charge on any atom is -0.440 e. The second-order valence-corrected chi connectivity index (χ2v) is 4.17. The molecule has 0 aliphatic carbocycles. The largest absolute Gasteiger partial charge is 0.440 e. The Hall–Kier alpha value is -1.84. The number of alkyl carbamates (subject to hydrolysis) is 1. The van der Waals surface area contributed by atoms with Crippen LogP contribution in [0.25, 0.3) is 0 Å². The standard InChI is InChI=1S/C11H15F3N2O5/c12-11(13,14)7-21-10(19)15-3-5-20-6-4-16-8(17)1-2-9(16)18/h1-7H2,(H,15,19). The average Bonchev–Trinajstić information content (AvgIpc) is 2.70. The maximum absolute atomic E-state index is 11.7. The summed E-state index contributed by atoms with van der Waals surface area (Å²) in [6.45, 7) is -1.46. The van der Waals surface area contributed by atoms with Gasteiger partial charge in [-0.2, -0.15) is 13.2 Å². The molecule has 0 aromatic carbocycles. The third-order valence-corrected chi connectivity index (χ3v) is 2.50. The van der Waals surface area contributed by atoms with Crippen LogP contribution in [-0.2, 0) is 19.1 Å². The molecule has 0 radical (unpaired) electrons. The van der Waals surface area contributed by atoms with Crippen molar-refractivity contribution in [2.45, 2.75) is 19.0 Å². The van der Waals surface area contributed by atoms with Crippen molar-refractivity contribution in [3.63, 3.8) is 0 Å². The molecular formula is C11H15F3N2O5. The number of likely N-dealkylation sites (tertiary alicyclic amines) is 1. The monoisotopic (exact) mass is 312 g/mol. The molecule has 21 heavy (non-hydrogen) atoms. The number of rotatable bonds is 7. The van der Waals surface area contributed by atoms with E-state index in [1.54, 1.807) is 0 Å². The van der Waals surface area contributed by atoms with Gasteiger partial charge in [0.05, 0.1) is 19.8 Å². The number of ether oxygens (including phenoxy) is 2. The first-order chi connectivity index (χ1) is 9.79. The molecule has 0 saturated carbocycles. The van der Waals surface area contributed by atoms with E-state index in [1.165, 1.54) is 0 Å². The predicted octanol–water partition coefficient (Wildman–Crippen LogP) is 0.440. The highest BCUT2D eigenvalue weighted by Crippen LogP contribution is 2.14. The number of hydrogen-bond acceptors (Lipinski definition) is 5. The zero-order valence-corrected chi connectivity index (χ0v) is 11.1. The van der Waals surface area contributed by atoms with Gasteiger partial charge < -0.3 is 14.8 Å². The minimum absolute atomic E-state index is 0.0251. The van der Waals surface area contributed by atoms with E-state index >= 15 is 0 Å². The highest BCUT2D eigenvalue weighted by atomic mass is 19.4. The highest BCUT2D eigenvalue weighted by molar-refractivity contribution is 6.01. The van der Waals surface area contributed by atoms with Crippen LogP contribution in [0.15, 0.2) is 0 Å². The molecule has 1 saturated heterocycles. The van der Waals surface area contributed by atoms with Gasteiger partial charge in [-0.1, -0.05) is 0 Å². The number of hydrogen-bond donors (Lipinski definition) is 1. The van der Waals surface area contributed by atoms with Crippen LogP contribution < -0.4 is 5.32 Å². The third kappa shape index (κ3) is 6.93. The van der Waals surface area contributed by atoms with Gasteiger partial charge in [0.25, 0.3) is 0 Å². The van der Waals surface area contributed by atoms with Gasteiger partial charge in [-0.25, -0.2) is 4.79 Å². The van der Waals surface area contributed by atoms with Gasteiger partial charge in [0.15, 0.2) is 6.61 Å². The summed E-state index contributed by atoms with van der Waals surface area (Å²) < 4.78 is 44.1. The Balaban J connectivity index is 2.01. The molecule has 1 aliphatic rings. The molecule has 1 N–H and O–H groups in total. The Bertz CT molecular complexity index is 384. The molecule has 1 heterocycles. The van der Waals surface area contributed by atoms with Gasteiger partial charge >= 0.3 is 12.3 Å². The lowest BCUT2D eigenvalue weighted by Gasteiger charge is -2.13. The van der Waals surface area contributed by atoms with Crippen molar-refractivity contribution in [1.29, 1.82) is 0 Å². The topological polar surface area (TPSA) is 84.9 Å². The lowest BCUT2D eigenvalue weighted by atomic mass is 10.4. The average molecular weight is 312 g/mol. The number of imide groups is 1. The van der Waals surface area contributed by atoms with Gasteiger partial charge in [0.2, 0.25) is 11.8 Å². The van der Waals surface area contributed by atoms with Crippen LogP contribution in [0.1, 0.15) is 12.8 Å². The van der Waals surface area contributed by atoms with E-state index in [9.17, 15) is 27.6 Å². The summed E-state index contributed by atoms with van der Waals surface area (Å²) in [6.07, 6.45) is -5.36. The molecule has 0 spiro atoms. The number of amides is 3. The van der Waals surface area contributed by atoms with Crippen LogP contribution in [0.4, 0.5) is 18.0 Å². The van der Waals surface area contributed by atoms with Gasteiger partial charge in [0.1, 0.15) is 0 Å². The second kappa shape index (κ2) is 7.81. The lowest BCUT2D eigenvalue weighted by Crippen LogP contribution is -2.34. The number of nitrogens with one attached hydrogen (secondary N) is 1. The van der Waals surface area contributed by atoms with Gasteiger partial charge in [-0.3, -0.25) is 14.5 Å². The van der Waals surface area contributed by atoms with Crippen molar-refractivity contribution < 1.29 is 37.0 Å². The Labute approximate surface area is 118 Å². The Morgan fingerprint density at radius 3 is 2.38 bits per heavy atom. The summed E-state index contributed by atoms with van der Waals surface area (Å²) in [4.78, 5) is 34.4. The zero-order chi connectivity index (χ0) is 15.9. The summed E-state index contributed by atoms with van der Waals surface area (Å²) in [5.41, 5.74) is 0. The van der Waals surface area contributed by atoms with Crippen molar-refractivity contribution in [1.82, 2.24) is 10.2 Å². The van der Waals surface area contributed by atoms with E-state index in [2.05, 4.69) is 10.1 Å². The van der Waals surface area contributed by atoms with E-state index in [4.69, 9.17) is 4.74 Å². The van der Waals surface area contributed by atoms with Crippen LogP contribution in [0.5, 0.6) is 0 Å². The number of alkyl halides is 3. The van der Waals surface area contributed by atoms with Crippen LogP contribution in [0, 0.1) is 0 Å². The molecule has 120 valence electrons. The smallest absolute Gasteiger partial charge is 0.422 e. The molecular weight excluding hydrogens is 297 g/mol. The fourth-order valence-electron chi connectivity index (χ4n) is 1.55. The maximum atomic E-state index is 11.7. The normalized spacial score (nSPS) is 15.5. The van der Waals surface area contributed by atoms with E-state index in [-0.39, 0.29) is 51.0 Å². The van der Waals surface area contributed by atoms with Crippen molar-refractivity contribution >= 4 is 17.9 Å². The summed E-state index contributed by atoms with van der Waals surface area (Å²) >= 11 is 0. The van der Waals surface area contributed by atoms with Crippen molar-refractivity contribution in [3.05, 3.63) is 0 Å². The molecule has 1 fully saturated rings. The minimum atomic E-state index is -4.57. The van der Waals surface area contributed by atoms with E-state index in [0.717, 1.165) is 4.90 Å². The predicted molar refractivity (Wildman–Crippen MR) is 62.2 cm³/mol. The lowest BCUT2D eigenvalue weighted by molar-refractivity contribution is -0.160. The quantitative estimate of drug-likeness (QED) is 0.545. The summed E-state index contributed by atoms with van der Waals surface area (Å²) in [5, 5.41) is 2.07. The fraction of sp³-hybridized carbons (Fsp3) is 0.727. The van der Waals surface area contributed by atoms with E-state index < -0.39 is 18.9 Å². The maximum Gasteiger partial charge on any atom is 0.422 e. The van der Waals surface area contributed by atoms with Crippen LogP contribution in [0.3, 0.4) is 0 Å². The molecule has 0 bridgehead atoms. The summed E-state index contributed by atoms with van der Waals surface area (Å²) in [7, 11) is 0. The molecule has 7 nitrogen and oxygen atoms in total. The Morgan fingerprint density at radius 2 is 1.81 bits per heavy atom. The Kier molecular flexibility index (Phi) is 6.40. The van der Waals surface area contributed by atoms with Crippen molar-refractivity contribution in [3.8, 4) is 0 Å². The van der Waals surface area contributed by atoms with E-state index in [0.29, 0.717) is 0 Å². The van der Waals surface area contributed by atoms with Gasteiger partial charge in [0, 0.05) is 19.4 Å². The number of halogens is 3. The first kappa shape index (κ1) is 17.2. The second-order valence-electron chi connectivity index (χ2n) is 4.17. The molecule has 0 aromatic heterocycles. The number of carbonyl (C=O) groups excluding carboxylic acids is 3. The first-order valence-electron chi connectivity index (χ1n) is 6.18. The van der Waals surface area contributed by atoms with Gasteiger partial charge in [-0.15, -0.1) is 0 Å². The van der Waals surface area contributed by atoms with Crippen LogP contribution in [0.2, 0.25) is 0 Å².